The fourth-order valence-corrected chi connectivity index (χ4v) is 10.7. The molecule has 1 atom stereocenters. The largest absolute Gasteiger partial charge is 0.494 e. The van der Waals surface area contributed by atoms with Crippen LogP contribution in [0.2, 0.25) is 0 Å². The molecular formula is C64H78N2O14S. The van der Waals surface area contributed by atoms with Crippen LogP contribution in [0.15, 0.2) is 121 Å². The van der Waals surface area contributed by atoms with Crippen LogP contribution in [-0.2, 0) is 33.5 Å². The minimum atomic E-state index is -0.402. The quantitative estimate of drug-likeness (QED) is 0.00764. The SMILES string of the molecule is C=CC(=O)OCCCCCCOc1ccc(OC(=O)C2CCC(COOc3ccc(OC(=O)C4CCC(Oc5ccc(OCCCCCCOC(=O)C=C)cc5)CC4)cc3C=NC(CCCCO)c3nc4ccccc4s3)CC2)cc1. The van der Waals surface area contributed by atoms with Crippen LogP contribution in [0.3, 0.4) is 0 Å². The third-order valence-corrected chi connectivity index (χ3v) is 15.5. The molecule has 1 heterocycles. The Labute approximate surface area is 479 Å². The molecule has 1 aromatic heterocycles. The number of benzene rings is 4. The topological polar surface area (TPSA) is 197 Å². The van der Waals surface area contributed by atoms with Crippen molar-refractivity contribution in [2.75, 3.05) is 39.6 Å². The standard InChI is InChI=1S/C64H78N2O14S/c1-3-60(68)74-41-15-7-5-13-39-72-50-28-32-53(33-29-50)77-52-26-24-48(25-27-52)64(71)79-55-36-37-58(49(43-55)44-65-57(18-11-12-38-67)62-66-56-17-9-10-19-59(56)81-62)80-76-45-46-20-22-47(23-21-46)63(70)78-54-34-30-51(31-35-54)73-40-14-6-8-16-42-75-61(69)4-2/h3-4,9-10,17,19,28-37,43-44,46-48,52,57,67H,1-2,5-8,11-16,18,20-27,38-42,45H2. The number of fused-ring (bicyclic) bond motifs is 1. The molecule has 2 aliphatic carbocycles. The molecule has 2 saturated carbocycles. The summed E-state index contributed by atoms with van der Waals surface area (Å²) in [6.07, 6.45) is 18.8. The fraction of sp³-hybridized carbons (Fsp3) is 0.469. The molecular weight excluding hydrogens is 1050 g/mol. The van der Waals surface area contributed by atoms with Crippen molar-refractivity contribution in [3.8, 4) is 34.5 Å². The van der Waals surface area contributed by atoms with Gasteiger partial charge >= 0.3 is 23.9 Å². The lowest BCUT2D eigenvalue weighted by molar-refractivity contribution is -0.218. The molecule has 0 amide bonds. The van der Waals surface area contributed by atoms with Crippen LogP contribution in [0.25, 0.3) is 10.2 Å². The first kappa shape index (κ1) is 61.5. The Bertz CT molecular complexity index is 2730. The highest BCUT2D eigenvalue weighted by atomic mass is 32.1. The third kappa shape index (κ3) is 21.4. The molecule has 0 spiro atoms. The van der Waals surface area contributed by atoms with Crippen molar-refractivity contribution in [3.63, 3.8) is 0 Å². The molecule has 0 radical (unpaired) electrons. The van der Waals surface area contributed by atoms with Crippen LogP contribution >= 0.6 is 11.3 Å². The summed E-state index contributed by atoms with van der Waals surface area (Å²) in [4.78, 5) is 71.1. The van der Waals surface area contributed by atoms with Gasteiger partial charge in [-0.2, -0.15) is 4.89 Å². The summed E-state index contributed by atoms with van der Waals surface area (Å²) in [6.45, 7) is 9.13. The van der Waals surface area contributed by atoms with Gasteiger partial charge < -0.3 is 43.2 Å². The van der Waals surface area contributed by atoms with Gasteiger partial charge in [-0.3, -0.25) is 14.6 Å². The van der Waals surface area contributed by atoms with Gasteiger partial charge in [0.15, 0.2) is 5.75 Å². The number of unbranched alkanes of at least 4 members (excludes halogenated alkanes) is 7. The van der Waals surface area contributed by atoms with Gasteiger partial charge in [-0.05, 0) is 207 Å². The normalized spacial score (nSPS) is 17.4. The molecule has 0 aliphatic heterocycles. The Balaban J connectivity index is 0.874. The minimum Gasteiger partial charge on any atom is -0.494 e. The summed E-state index contributed by atoms with van der Waals surface area (Å²) in [5, 5.41) is 10.5. The second kappa shape index (κ2) is 34.3. The van der Waals surface area contributed by atoms with Gasteiger partial charge in [0.1, 0.15) is 39.8 Å². The third-order valence-electron chi connectivity index (χ3n) is 14.3. The number of aromatic nitrogens is 1. The van der Waals surface area contributed by atoms with E-state index < -0.39 is 11.9 Å². The molecule has 16 nitrogen and oxygen atoms in total. The first-order chi connectivity index (χ1) is 39.7. The molecule has 4 aromatic carbocycles. The van der Waals surface area contributed by atoms with E-state index in [0.717, 1.165) is 103 Å². The number of aliphatic imine (C=N–C) groups is 1. The number of carbonyl (C=O) groups excluding carboxylic acids is 4. The van der Waals surface area contributed by atoms with Crippen LogP contribution < -0.4 is 28.6 Å². The summed E-state index contributed by atoms with van der Waals surface area (Å²) in [7, 11) is 0. The zero-order valence-corrected chi connectivity index (χ0v) is 47.2. The molecule has 1 unspecified atom stereocenters. The van der Waals surface area contributed by atoms with Crippen molar-refractivity contribution in [1.29, 1.82) is 0 Å². The number of nitrogens with zero attached hydrogens (tertiary/aromatic N) is 2. The Kier molecular flexibility index (Phi) is 26.0. The molecule has 17 heteroatoms. The van der Waals surface area contributed by atoms with Crippen LogP contribution in [0.5, 0.6) is 34.5 Å². The molecule has 2 fully saturated rings. The van der Waals surface area contributed by atoms with Gasteiger partial charge in [0.2, 0.25) is 0 Å². The maximum absolute atomic E-state index is 13.7. The number of carbonyl (C=O) groups is 4. The molecule has 2 aliphatic rings. The van der Waals surface area contributed by atoms with E-state index in [9.17, 15) is 24.3 Å². The number of aliphatic hydroxyl groups excluding tert-OH is 1. The van der Waals surface area contributed by atoms with Crippen molar-refractivity contribution in [3.05, 3.63) is 127 Å². The molecule has 1 N–H and O–H groups in total. The Morgan fingerprint density at radius 2 is 1.16 bits per heavy atom. The first-order valence-corrected chi connectivity index (χ1v) is 29.5. The van der Waals surface area contributed by atoms with Gasteiger partial charge in [0, 0.05) is 30.5 Å². The smallest absolute Gasteiger partial charge is 0.330 e. The van der Waals surface area contributed by atoms with E-state index in [0.29, 0.717) is 113 Å². The van der Waals surface area contributed by atoms with E-state index >= 15 is 0 Å². The monoisotopic (exact) mass is 1130 g/mol. The van der Waals surface area contributed by atoms with Gasteiger partial charge in [0.05, 0.1) is 61.2 Å². The zero-order valence-electron chi connectivity index (χ0n) is 46.4. The molecule has 5 aromatic rings. The molecule has 0 bridgehead atoms. The number of ether oxygens (including phenoxy) is 7. The summed E-state index contributed by atoms with van der Waals surface area (Å²) < 4.78 is 41.0. The zero-order chi connectivity index (χ0) is 56.9. The Hall–Kier alpha value is -7.08. The van der Waals surface area contributed by atoms with Crippen molar-refractivity contribution >= 4 is 51.6 Å². The van der Waals surface area contributed by atoms with Crippen molar-refractivity contribution in [2.45, 2.75) is 134 Å². The average Bonchev–Trinajstić information content (AvgIpc) is 4.09. The summed E-state index contributed by atoms with van der Waals surface area (Å²) >= 11 is 1.59. The van der Waals surface area contributed by atoms with E-state index in [1.54, 1.807) is 60.0 Å². The number of thiazole rings is 1. The highest BCUT2D eigenvalue weighted by Crippen LogP contribution is 2.35. The predicted octanol–water partition coefficient (Wildman–Crippen LogP) is 13.2. The maximum Gasteiger partial charge on any atom is 0.330 e. The number of esters is 4. The Morgan fingerprint density at radius 3 is 1.75 bits per heavy atom. The molecule has 7 rings (SSSR count). The number of hydrogen-bond donors (Lipinski definition) is 1. The van der Waals surface area contributed by atoms with Crippen LogP contribution in [0, 0.1) is 17.8 Å². The molecule has 81 heavy (non-hydrogen) atoms. The number of rotatable bonds is 35. The van der Waals surface area contributed by atoms with E-state index in [4.69, 9.17) is 52.9 Å². The molecule has 0 saturated heterocycles. The van der Waals surface area contributed by atoms with E-state index in [1.165, 1.54) is 6.08 Å². The van der Waals surface area contributed by atoms with E-state index in [2.05, 4.69) is 13.2 Å². The van der Waals surface area contributed by atoms with Crippen molar-refractivity contribution in [2.24, 2.45) is 22.7 Å². The van der Waals surface area contributed by atoms with Gasteiger partial charge in [-0.1, -0.05) is 25.3 Å². The number of hydrogen-bond acceptors (Lipinski definition) is 17. The predicted molar refractivity (Wildman–Crippen MR) is 310 cm³/mol. The second-order valence-corrected chi connectivity index (χ2v) is 21.5. The van der Waals surface area contributed by atoms with E-state index in [-0.39, 0.29) is 48.4 Å². The Morgan fingerprint density at radius 1 is 0.617 bits per heavy atom. The lowest BCUT2D eigenvalue weighted by Gasteiger charge is -2.28. The maximum atomic E-state index is 13.7. The second-order valence-electron chi connectivity index (χ2n) is 20.5. The first-order valence-electron chi connectivity index (χ1n) is 28.7. The summed E-state index contributed by atoms with van der Waals surface area (Å²) in [6, 6.07) is 27.6. The highest BCUT2D eigenvalue weighted by molar-refractivity contribution is 7.18. The highest BCUT2D eigenvalue weighted by Gasteiger charge is 2.30. The van der Waals surface area contributed by atoms with Crippen LogP contribution in [0.1, 0.15) is 139 Å². The lowest BCUT2D eigenvalue weighted by Crippen LogP contribution is -2.30. The summed E-state index contributed by atoms with van der Waals surface area (Å²) in [5.41, 5.74) is 1.46. The van der Waals surface area contributed by atoms with Crippen LogP contribution in [-0.4, -0.2) is 85.9 Å². The van der Waals surface area contributed by atoms with Gasteiger partial charge in [-0.15, -0.1) is 11.3 Å². The van der Waals surface area contributed by atoms with Gasteiger partial charge in [0.25, 0.3) is 0 Å². The minimum absolute atomic E-state index is 0.0303. The summed E-state index contributed by atoms with van der Waals surface area (Å²) in [5.74, 6) is 1.75. The van der Waals surface area contributed by atoms with Crippen LogP contribution in [0.4, 0.5) is 0 Å². The van der Waals surface area contributed by atoms with E-state index in [1.807, 2.05) is 48.5 Å². The average molecular weight is 1130 g/mol. The number of aliphatic hydroxyl groups is 1. The van der Waals surface area contributed by atoms with Crippen molar-refractivity contribution < 1.29 is 67.2 Å². The van der Waals surface area contributed by atoms with Gasteiger partial charge in [-0.25, -0.2) is 14.6 Å². The lowest BCUT2D eigenvalue weighted by atomic mass is 9.82. The van der Waals surface area contributed by atoms with Crippen molar-refractivity contribution in [1.82, 2.24) is 4.98 Å². The number of para-hydroxylation sites is 1. The fourth-order valence-electron chi connectivity index (χ4n) is 9.62. The molecule has 434 valence electrons.